The van der Waals surface area contributed by atoms with Crippen molar-refractivity contribution in [2.75, 3.05) is 5.32 Å². The van der Waals surface area contributed by atoms with Crippen molar-refractivity contribution in [3.05, 3.63) is 24.3 Å². The highest BCUT2D eigenvalue weighted by atomic mass is 32.2. The minimum atomic E-state index is -4.72. The molecule has 0 spiro atoms. The van der Waals surface area contributed by atoms with E-state index in [1.165, 1.54) is 18.2 Å². The van der Waals surface area contributed by atoms with Crippen LogP contribution >= 0.6 is 0 Å². The summed E-state index contributed by atoms with van der Waals surface area (Å²) < 4.78 is 47.7. The van der Waals surface area contributed by atoms with Crippen LogP contribution in [-0.4, -0.2) is 20.1 Å². The van der Waals surface area contributed by atoms with E-state index in [4.69, 9.17) is 0 Å². The van der Waals surface area contributed by atoms with Crippen molar-refractivity contribution in [2.24, 2.45) is 0 Å². The molecule has 0 saturated heterocycles. The van der Waals surface area contributed by atoms with Crippen LogP contribution in [0.1, 0.15) is 19.8 Å². The molecule has 0 radical (unpaired) electrons. The van der Waals surface area contributed by atoms with Crippen LogP contribution in [0.3, 0.4) is 0 Å². The molecule has 0 fully saturated rings. The third-order valence-corrected chi connectivity index (χ3v) is 3.62. The summed E-state index contributed by atoms with van der Waals surface area (Å²) >= 11 is 0. The molecule has 1 aromatic rings. The van der Waals surface area contributed by atoms with Crippen molar-refractivity contribution in [3.8, 4) is 0 Å². The molecule has 0 bridgehead atoms. The highest BCUT2D eigenvalue weighted by Crippen LogP contribution is 2.26. The van der Waals surface area contributed by atoms with Gasteiger partial charge in [0.25, 0.3) is 0 Å². The Morgan fingerprint density at radius 1 is 1.33 bits per heavy atom. The number of carbonyl (C=O) groups is 1. The number of alkyl halides is 2. The summed E-state index contributed by atoms with van der Waals surface area (Å²) in [5.41, 5.74) is -0.115. The van der Waals surface area contributed by atoms with E-state index in [1.807, 2.05) is 0 Å². The number of rotatable bonds is 5. The summed E-state index contributed by atoms with van der Waals surface area (Å²) in [4.78, 5) is 10.8. The molecule has 0 aliphatic heterocycles. The van der Waals surface area contributed by atoms with E-state index in [1.54, 1.807) is 6.92 Å². The molecular weight excluding hydrogens is 264 g/mol. The first kappa shape index (κ1) is 14.6. The van der Waals surface area contributed by atoms with Crippen molar-refractivity contribution in [1.29, 1.82) is 0 Å². The lowest BCUT2D eigenvalue weighted by Gasteiger charge is -2.10. The number of nitrogens with one attached hydrogen (secondary N) is 1. The first-order valence-electron chi connectivity index (χ1n) is 5.30. The summed E-state index contributed by atoms with van der Waals surface area (Å²) in [6, 6.07) is 5.11. The number of amides is 1. The van der Waals surface area contributed by atoms with Crippen LogP contribution in [0.25, 0.3) is 0 Å². The number of hydrogen-bond acceptors (Lipinski definition) is 3. The van der Waals surface area contributed by atoms with E-state index < -0.39 is 26.4 Å². The predicted molar refractivity (Wildman–Crippen MR) is 63.2 cm³/mol. The summed E-state index contributed by atoms with van der Waals surface area (Å²) in [7, 11) is -4.72. The second-order valence-electron chi connectivity index (χ2n) is 3.60. The minimum Gasteiger partial charge on any atom is -0.325 e. The average molecular weight is 277 g/mol. The molecule has 0 aliphatic rings. The molecule has 4 nitrogen and oxygen atoms in total. The standard InChI is InChI=1S/C11H13F2NO3S/c1-2-5-10(15)14-8-6-3-4-7-9(8)18(16,17)11(12)13/h3-4,6-7,11H,2,5H2,1H3,(H,14,15). The molecule has 0 aromatic heterocycles. The number of halogens is 2. The van der Waals surface area contributed by atoms with Gasteiger partial charge >= 0.3 is 5.76 Å². The van der Waals surface area contributed by atoms with Crippen LogP contribution in [-0.2, 0) is 14.6 Å². The molecule has 0 heterocycles. The van der Waals surface area contributed by atoms with E-state index in [0.29, 0.717) is 6.42 Å². The topological polar surface area (TPSA) is 63.2 Å². The van der Waals surface area contributed by atoms with E-state index >= 15 is 0 Å². The smallest absolute Gasteiger partial charge is 0.325 e. The minimum absolute atomic E-state index is 0.115. The highest BCUT2D eigenvalue weighted by molar-refractivity contribution is 7.91. The fraction of sp³-hybridized carbons (Fsp3) is 0.364. The third-order valence-electron chi connectivity index (χ3n) is 2.18. The van der Waals surface area contributed by atoms with Gasteiger partial charge in [0.1, 0.15) is 0 Å². The lowest BCUT2D eigenvalue weighted by Crippen LogP contribution is -2.17. The van der Waals surface area contributed by atoms with E-state index in [2.05, 4.69) is 5.32 Å². The Morgan fingerprint density at radius 2 is 1.94 bits per heavy atom. The van der Waals surface area contributed by atoms with Gasteiger partial charge in [-0.15, -0.1) is 0 Å². The Morgan fingerprint density at radius 3 is 2.50 bits per heavy atom. The Labute approximate surface area is 104 Å². The second-order valence-corrected chi connectivity index (χ2v) is 5.49. The SMILES string of the molecule is CCCC(=O)Nc1ccccc1S(=O)(=O)C(F)F. The summed E-state index contributed by atoms with van der Waals surface area (Å²) in [6.45, 7) is 1.78. The number of carbonyl (C=O) groups excluding carboxylic acids is 1. The number of para-hydroxylation sites is 1. The van der Waals surface area contributed by atoms with Crippen molar-refractivity contribution < 1.29 is 22.0 Å². The van der Waals surface area contributed by atoms with Crippen molar-refractivity contribution in [3.63, 3.8) is 0 Å². The molecule has 0 unspecified atom stereocenters. The molecule has 1 rings (SSSR count). The molecule has 18 heavy (non-hydrogen) atoms. The first-order valence-corrected chi connectivity index (χ1v) is 6.85. The van der Waals surface area contributed by atoms with E-state index in [9.17, 15) is 22.0 Å². The maximum atomic E-state index is 12.5. The Hall–Kier alpha value is -1.50. The van der Waals surface area contributed by atoms with Gasteiger partial charge in [-0.25, -0.2) is 8.42 Å². The second kappa shape index (κ2) is 5.90. The largest absolute Gasteiger partial charge is 0.341 e. The predicted octanol–water partition coefficient (Wildman–Crippen LogP) is 2.42. The van der Waals surface area contributed by atoms with Crippen molar-refractivity contribution in [1.82, 2.24) is 0 Å². The van der Waals surface area contributed by atoms with Crippen molar-refractivity contribution >= 4 is 21.4 Å². The molecule has 1 aromatic carbocycles. The van der Waals surface area contributed by atoms with Crippen LogP contribution < -0.4 is 5.32 Å². The van der Waals surface area contributed by atoms with Crippen LogP contribution in [0.15, 0.2) is 29.2 Å². The molecule has 7 heteroatoms. The zero-order valence-corrected chi connectivity index (χ0v) is 10.5. The maximum Gasteiger partial charge on any atom is 0.341 e. The first-order chi connectivity index (χ1) is 8.39. The van der Waals surface area contributed by atoms with Gasteiger partial charge in [0.2, 0.25) is 15.7 Å². The molecule has 0 aliphatic carbocycles. The van der Waals surface area contributed by atoms with Crippen molar-refractivity contribution in [2.45, 2.75) is 30.4 Å². The molecular formula is C11H13F2NO3S. The van der Waals surface area contributed by atoms with Gasteiger partial charge < -0.3 is 5.32 Å². The Balaban J connectivity index is 3.12. The number of hydrogen-bond donors (Lipinski definition) is 1. The average Bonchev–Trinajstić information content (AvgIpc) is 2.29. The summed E-state index contributed by atoms with van der Waals surface area (Å²) in [6.07, 6.45) is 0.776. The van der Waals surface area contributed by atoms with Gasteiger partial charge in [-0.3, -0.25) is 4.79 Å². The molecule has 100 valence electrons. The van der Waals surface area contributed by atoms with Gasteiger partial charge in [0.05, 0.1) is 10.6 Å². The van der Waals surface area contributed by atoms with Gasteiger partial charge in [0, 0.05) is 6.42 Å². The molecule has 0 atom stereocenters. The van der Waals surface area contributed by atoms with Crippen LogP contribution in [0.4, 0.5) is 14.5 Å². The van der Waals surface area contributed by atoms with Gasteiger partial charge in [0.15, 0.2) is 0 Å². The van der Waals surface area contributed by atoms with Crippen LogP contribution in [0.5, 0.6) is 0 Å². The molecule has 0 saturated carbocycles. The lowest BCUT2D eigenvalue weighted by molar-refractivity contribution is -0.116. The lowest BCUT2D eigenvalue weighted by atomic mass is 10.3. The van der Waals surface area contributed by atoms with E-state index in [-0.39, 0.29) is 12.1 Å². The number of anilines is 1. The fourth-order valence-electron chi connectivity index (χ4n) is 1.35. The van der Waals surface area contributed by atoms with Crippen LogP contribution in [0, 0.1) is 0 Å². The number of benzene rings is 1. The zero-order valence-electron chi connectivity index (χ0n) is 9.69. The van der Waals surface area contributed by atoms with Gasteiger partial charge in [-0.05, 0) is 18.6 Å². The summed E-state index contributed by atoms with van der Waals surface area (Å²) in [5.74, 6) is -3.92. The van der Waals surface area contributed by atoms with Crippen LogP contribution in [0.2, 0.25) is 0 Å². The van der Waals surface area contributed by atoms with Gasteiger partial charge in [-0.2, -0.15) is 8.78 Å². The number of sulfone groups is 1. The molecule has 1 N–H and O–H groups in total. The fourth-order valence-corrected chi connectivity index (χ4v) is 2.24. The normalized spacial score (nSPS) is 11.6. The highest BCUT2D eigenvalue weighted by Gasteiger charge is 2.29. The Bertz CT molecular complexity index is 529. The Kier molecular flexibility index (Phi) is 4.77. The molecule has 1 amide bonds. The van der Waals surface area contributed by atoms with Gasteiger partial charge in [-0.1, -0.05) is 19.1 Å². The zero-order chi connectivity index (χ0) is 13.8. The quantitative estimate of drug-likeness (QED) is 0.899. The monoisotopic (exact) mass is 277 g/mol. The maximum absolute atomic E-state index is 12.5. The van der Waals surface area contributed by atoms with E-state index in [0.717, 1.165) is 6.07 Å². The third kappa shape index (κ3) is 3.25. The summed E-state index contributed by atoms with van der Waals surface area (Å²) in [5, 5.41) is 2.32.